The molecule has 3 amide bonds. The van der Waals surface area contributed by atoms with Gasteiger partial charge < -0.3 is 31.3 Å². The van der Waals surface area contributed by atoms with Crippen molar-refractivity contribution in [2.45, 2.75) is 19.0 Å². The van der Waals surface area contributed by atoms with E-state index in [0.717, 1.165) is 16.3 Å². The summed E-state index contributed by atoms with van der Waals surface area (Å²) in [6.45, 7) is 1.53. The number of primary amides is 1. The predicted octanol–water partition coefficient (Wildman–Crippen LogP) is 4.78. The lowest BCUT2D eigenvalue weighted by Crippen LogP contribution is -2.63. The van der Waals surface area contributed by atoms with Crippen molar-refractivity contribution in [2.75, 3.05) is 36.2 Å². The second kappa shape index (κ2) is 12.5. The van der Waals surface area contributed by atoms with Crippen LogP contribution in [0.3, 0.4) is 0 Å². The molecule has 4 aromatic rings. The number of nitrogens with one attached hydrogen (secondary N) is 1. The molecule has 0 aliphatic carbocycles. The molecule has 1 aliphatic heterocycles. The Morgan fingerprint density at radius 1 is 1.05 bits per heavy atom. The van der Waals surface area contributed by atoms with Gasteiger partial charge in [0.1, 0.15) is 11.3 Å². The molecule has 1 unspecified atom stereocenters. The number of fused-ring (bicyclic) bond motifs is 2. The number of carbonyl (C=O) groups is 3. The van der Waals surface area contributed by atoms with Crippen molar-refractivity contribution in [3.8, 4) is 5.75 Å². The van der Waals surface area contributed by atoms with E-state index in [1.807, 2.05) is 36.4 Å². The number of rotatable bonds is 7. The van der Waals surface area contributed by atoms with E-state index in [-0.39, 0.29) is 31.4 Å². The number of nitrogens with zero attached hydrogens (tertiary/aromatic N) is 2. The third-order valence-electron chi connectivity index (χ3n) is 8.11. The number of carbonyl (C=O) groups excluding carboxylic acids is 3. The van der Waals surface area contributed by atoms with Crippen LogP contribution in [0, 0.1) is 5.92 Å². The molecule has 0 radical (unpaired) electrons. The first-order valence-corrected chi connectivity index (χ1v) is 13.8. The van der Waals surface area contributed by atoms with Gasteiger partial charge in [0.15, 0.2) is 0 Å². The number of anilines is 3. The van der Waals surface area contributed by atoms with Crippen molar-refractivity contribution in [1.82, 2.24) is 5.32 Å². The molecule has 0 aromatic heterocycles. The van der Waals surface area contributed by atoms with E-state index in [2.05, 4.69) is 5.32 Å². The van der Waals surface area contributed by atoms with Gasteiger partial charge in [0, 0.05) is 28.4 Å². The summed E-state index contributed by atoms with van der Waals surface area (Å²) in [5.74, 6) is -1.97. The zero-order valence-electron chi connectivity index (χ0n) is 24.0. The van der Waals surface area contributed by atoms with E-state index in [4.69, 9.17) is 27.8 Å². The largest absolute Gasteiger partial charge is 0.496 e. The third kappa shape index (κ3) is 5.71. The Hall–Kier alpha value is -4.31. The number of hydrogen-bond acceptors (Lipinski definition) is 6. The summed E-state index contributed by atoms with van der Waals surface area (Å²) in [4.78, 5) is 44.7. The second-order valence-electron chi connectivity index (χ2n) is 10.4. The maximum atomic E-state index is 14.6. The fourth-order valence-corrected chi connectivity index (χ4v) is 5.64. The Bertz CT molecular complexity index is 1700. The van der Waals surface area contributed by atoms with Crippen LogP contribution in [0.5, 0.6) is 5.75 Å². The van der Waals surface area contributed by atoms with Crippen LogP contribution in [0.15, 0.2) is 78.9 Å². The van der Waals surface area contributed by atoms with Gasteiger partial charge in [-0.25, -0.2) is 0 Å². The lowest BCUT2D eigenvalue weighted by atomic mass is 9.83. The molecule has 2 atom stereocenters. The average molecular weight is 623 g/mol. The summed E-state index contributed by atoms with van der Waals surface area (Å²) in [5, 5.41) is 5.22. The molecule has 9 nitrogen and oxygen atoms in total. The lowest BCUT2D eigenvalue weighted by molar-refractivity contribution is -0.133. The van der Waals surface area contributed by atoms with Gasteiger partial charge >= 0.3 is 0 Å². The molecule has 224 valence electrons. The van der Waals surface area contributed by atoms with Crippen molar-refractivity contribution >= 4 is 69.6 Å². The first-order valence-electron chi connectivity index (χ1n) is 13.4. The van der Waals surface area contributed by atoms with Crippen molar-refractivity contribution in [3.05, 3.63) is 95.0 Å². The van der Waals surface area contributed by atoms with Crippen molar-refractivity contribution in [1.29, 1.82) is 0 Å². The lowest BCUT2D eigenvalue weighted by Gasteiger charge is -2.36. The van der Waals surface area contributed by atoms with Crippen LogP contribution in [0.2, 0.25) is 5.02 Å². The number of methoxy groups -OCH3 is 1. The standard InChI is InChI=1S/C32H32ClN5O4.ClH/c1-32(36-2,31(35)41)25-18-38(29(39)20-8-12-22(34)13-9-20)27-16-21(33)11-14-26(27)37(30(25)40)17-24-23-7-5-4-6-19(23)10-15-28(24)42-3;/h4-16,25,36H,17-18,34H2,1-3H3,(H2,35,41);1H/t25-,32?;/m1./s1. The van der Waals surface area contributed by atoms with Crippen LogP contribution >= 0.6 is 24.0 Å². The van der Waals surface area contributed by atoms with Crippen LogP contribution in [0.25, 0.3) is 10.8 Å². The van der Waals surface area contributed by atoms with E-state index in [0.29, 0.717) is 33.4 Å². The van der Waals surface area contributed by atoms with E-state index in [1.165, 1.54) is 4.90 Å². The van der Waals surface area contributed by atoms with E-state index >= 15 is 0 Å². The molecule has 1 aliphatic rings. The average Bonchev–Trinajstić information content (AvgIpc) is 3.11. The van der Waals surface area contributed by atoms with Crippen molar-refractivity contribution < 1.29 is 19.1 Å². The maximum Gasteiger partial charge on any atom is 0.258 e. The molecular formula is C32H33Cl2N5O4. The van der Waals surface area contributed by atoms with E-state index < -0.39 is 23.3 Å². The molecule has 5 rings (SSSR count). The van der Waals surface area contributed by atoms with Crippen LogP contribution in [-0.4, -0.2) is 44.0 Å². The van der Waals surface area contributed by atoms with Crippen LogP contribution < -0.4 is 31.3 Å². The van der Waals surface area contributed by atoms with E-state index in [9.17, 15) is 14.4 Å². The Morgan fingerprint density at radius 3 is 2.40 bits per heavy atom. The summed E-state index contributed by atoms with van der Waals surface area (Å²) in [6.07, 6.45) is 0. The normalized spacial score (nSPS) is 16.1. The zero-order chi connectivity index (χ0) is 30.2. The van der Waals surface area contributed by atoms with E-state index in [1.54, 1.807) is 68.4 Å². The second-order valence-corrected chi connectivity index (χ2v) is 10.9. The minimum atomic E-state index is -1.50. The van der Waals surface area contributed by atoms with Crippen molar-refractivity contribution in [3.63, 3.8) is 0 Å². The highest BCUT2D eigenvalue weighted by Gasteiger charge is 2.49. The predicted molar refractivity (Wildman–Crippen MR) is 173 cm³/mol. The summed E-state index contributed by atoms with van der Waals surface area (Å²) < 4.78 is 5.73. The molecule has 1 heterocycles. The van der Waals surface area contributed by atoms with Gasteiger partial charge in [-0.15, -0.1) is 12.4 Å². The zero-order valence-corrected chi connectivity index (χ0v) is 25.5. The summed E-state index contributed by atoms with van der Waals surface area (Å²) in [6, 6.07) is 23.1. The first-order chi connectivity index (χ1) is 20.1. The molecule has 0 spiro atoms. The molecule has 0 saturated carbocycles. The number of nitrogens with two attached hydrogens (primary N) is 2. The number of hydrogen-bond donors (Lipinski definition) is 3. The SMILES string of the molecule is CNC(C)(C(N)=O)[C@@H]1CN(C(=O)c2ccc(N)cc2)c2cc(Cl)ccc2N(Cc2c(OC)ccc3ccccc23)C1=O.Cl. The number of amides is 3. The number of nitrogen functional groups attached to an aromatic ring is 1. The number of ether oxygens (including phenoxy) is 1. The summed E-state index contributed by atoms with van der Waals surface area (Å²) in [5.41, 5.74) is 12.8. The van der Waals surface area contributed by atoms with Gasteiger partial charge in [-0.1, -0.05) is 41.9 Å². The minimum absolute atomic E-state index is 0. The monoisotopic (exact) mass is 621 g/mol. The first kappa shape index (κ1) is 31.6. The smallest absolute Gasteiger partial charge is 0.258 e. The number of benzene rings is 4. The van der Waals surface area contributed by atoms with Crippen LogP contribution in [-0.2, 0) is 16.1 Å². The summed E-state index contributed by atoms with van der Waals surface area (Å²) in [7, 11) is 3.14. The molecule has 0 fully saturated rings. The number of halogens is 2. The molecular weight excluding hydrogens is 589 g/mol. The molecule has 43 heavy (non-hydrogen) atoms. The van der Waals surface area contributed by atoms with Gasteiger partial charge in [0.05, 0.1) is 30.9 Å². The topological polar surface area (TPSA) is 131 Å². The fraction of sp³-hybridized carbons (Fsp3) is 0.219. The quantitative estimate of drug-likeness (QED) is 0.255. The number of likely N-dealkylation sites (N-methyl/N-ethyl adjacent to an activating group) is 1. The fourth-order valence-electron chi connectivity index (χ4n) is 5.47. The molecule has 4 aromatic carbocycles. The Morgan fingerprint density at radius 2 is 1.74 bits per heavy atom. The highest BCUT2D eigenvalue weighted by atomic mass is 35.5. The van der Waals surface area contributed by atoms with Crippen LogP contribution in [0.4, 0.5) is 17.1 Å². The van der Waals surface area contributed by atoms with Gasteiger partial charge in [-0.3, -0.25) is 14.4 Å². The maximum absolute atomic E-state index is 14.6. The Labute approximate surface area is 261 Å². The van der Waals surface area contributed by atoms with Gasteiger partial charge in [-0.05, 0) is 73.3 Å². The van der Waals surface area contributed by atoms with Gasteiger partial charge in [0.2, 0.25) is 11.8 Å². The molecule has 11 heteroatoms. The highest BCUT2D eigenvalue weighted by molar-refractivity contribution is 6.31. The molecule has 0 bridgehead atoms. The van der Waals surface area contributed by atoms with Crippen molar-refractivity contribution in [2.24, 2.45) is 11.7 Å². The Kier molecular flexibility index (Phi) is 9.20. The van der Waals surface area contributed by atoms with Gasteiger partial charge in [-0.2, -0.15) is 0 Å². The third-order valence-corrected chi connectivity index (χ3v) is 8.35. The molecule has 5 N–H and O–H groups in total. The minimum Gasteiger partial charge on any atom is -0.496 e. The van der Waals surface area contributed by atoms with Gasteiger partial charge in [0.25, 0.3) is 5.91 Å². The highest BCUT2D eigenvalue weighted by Crippen LogP contribution is 2.41. The summed E-state index contributed by atoms with van der Waals surface area (Å²) >= 11 is 6.48. The molecule has 0 saturated heterocycles. The Balaban J connectivity index is 0.00000423. The van der Waals surface area contributed by atoms with Crippen LogP contribution in [0.1, 0.15) is 22.8 Å².